The van der Waals surface area contributed by atoms with Crippen molar-refractivity contribution in [2.24, 2.45) is 17.9 Å². The highest BCUT2D eigenvalue weighted by Gasteiger charge is 2.50. The van der Waals surface area contributed by atoms with Gasteiger partial charge in [-0.05, 0) is 40.5 Å². The maximum atomic E-state index is 12.6. The number of thioether (sulfide) groups is 1. The minimum Gasteiger partial charge on any atom is -0.338 e. The summed E-state index contributed by atoms with van der Waals surface area (Å²) in [6, 6.07) is 0.407. The molecule has 6 nitrogen and oxygen atoms in total. The van der Waals surface area contributed by atoms with Crippen LogP contribution in [0.15, 0.2) is 5.16 Å². The molecule has 0 N–H and O–H groups in total. The van der Waals surface area contributed by atoms with Crippen molar-refractivity contribution in [1.82, 2.24) is 25.1 Å². The maximum Gasteiger partial charge on any atom is 0.233 e. The minimum atomic E-state index is 0.217. The Hall–Kier alpha value is -1.11. The van der Waals surface area contributed by atoms with Crippen molar-refractivity contribution < 1.29 is 4.79 Å². The molecular formula is C14H23N5OS. The lowest BCUT2D eigenvalue weighted by atomic mass is 9.65. The van der Waals surface area contributed by atoms with Crippen LogP contribution in [-0.2, 0) is 11.8 Å². The van der Waals surface area contributed by atoms with E-state index in [2.05, 4.69) is 41.2 Å². The van der Waals surface area contributed by atoms with Crippen molar-refractivity contribution in [3.05, 3.63) is 0 Å². The van der Waals surface area contributed by atoms with Gasteiger partial charge in [0.25, 0.3) is 0 Å². The SMILES string of the molecule is Cn1nnnc1SCC(=O)N1C[C@]2(C)C[C@H]1CC(C)(C)C2. The lowest BCUT2D eigenvalue weighted by molar-refractivity contribution is -0.129. The van der Waals surface area contributed by atoms with Crippen LogP contribution in [0.2, 0.25) is 0 Å². The summed E-state index contributed by atoms with van der Waals surface area (Å²) < 4.78 is 1.60. The van der Waals surface area contributed by atoms with Gasteiger partial charge in [-0.25, -0.2) is 4.68 Å². The molecule has 21 heavy (non-hydrogen) atoms. The largest absolute Gasteiger partial charge is 0.338 e. The zero-order valence-electron chi connectivity index (χ0n) is 13.2. The van der Waals surface area contributed by atoms with Crippen LogP contribution >= 0.6 is 11.8 Å². The van der Waals surface area contributed by atoms with E-state index in [4.69, 9.17) is 0 Å². The molecule has 116 valence electrons. The van der Waals surface area contributed by atoms with Crippen molar-refractivity contribution in [1.29, 1.82) is 0 Å². The van der Waals surface area contributed by atoms with E-state index in [9.17, 15) is 4.79 Å². The number of aryl methyl sites for hydroxylation is 1. The van der Waals surface area contributed by atoms with E-state index in [0.29, 0.717) is 27.8 Å². The van der Waals surface area contributed by atoms with Gasteiger partial charge in [-0.2, -0.15) is 0 Å². The fourth-order valence-corrected chi connectivity index (χ4v) is 5.04. The zero-order chi connectivity index (χ0) is 15.3. The van der Waals surface area contributed by atoms with Gasteiger partial charge >= 0.3 is 0 Å². The van der Waals surface area contributed by atoms with Gasteiger partial charge in [-0.1, -0.05) is 32.5 Å². The third-order valence-corrected chi connectivity index (χ3v) is 5.64. The lowest BCUT2D eigenvalue weighted by Crippen LogP contribution is -2.38. The van der Waals surface area contributed by atoms with Gasteiger partial charge in [0, 0.05) is 19.6 Å². The first-order valence-corrected chi connectivity index (χ1v) is 8.41. The van der Waals surface area contributed by atoms with Crippen molar-refractivity contribution in [2.75, 3.05) is 12.3 Å². The van der Waals surface area contributed by atoms with Crippen LogP contribution in [0.4, 0.5) is 0 Å². The number of carbonyl (C=O) groups is 1. The molecule has 0 radical (unpaired) electrons. The molecule has 1 aliphatic heterocycles. The molecule has 2 bridgehead atoms. The highest BCUT2D eigenvalue weighted by molar-refractivity contribution is 7.99. The molecule has 1 saturated carbocycles. The summed E-state index contributed by atoms with van der Waals surface area (Å²) in [7, 11) is 1.79. The lowest BCUT2D eigenvalue weighted by Gasteiger charge is -2.39. The normalized spacial score (nSPS) is 30.7. The number of amides is 1. The zero-order valence-corrected chi connectivity index (χ0v) is 14.0. The van der Waals surface area contributed by atoms with Gasteiger partial charge in [0.1, 0.15) is 0 Å². The monoisotopic (exact) mass is 309 g/mol. The second-order valence-electron chi connectivity index (χ2n) is 7.61. The number of likely N-dealkylation sites (tertiary alicyclic amines) is 1. The van der Waals surface area contributed by atoms with Crippen LogP contribution in [0, 0.1) is 10.8 Å². The Morgan fingerprint density at radius 2 is 2.14 bits per heavy atom. The Labute approximate surface area is 129 Å². The van der Waals surface area contributed by atoms with Crippen molar-refractivity contribution in [3.8, 4) is 0 Å². The van der Waals surface area contributed by atoms with Gasteiger partial charge in [-0.15, -0.1) is 5.10 Å². The first-order valence-electron chi connectivity index (χ1n) is 7.43. The first-order chi connectivity index (χ1) is 9.78. The molecular weight excluding hydrogens is 286 g/mol. The highest BCUT2D eigenvalue weighted by Crippen LogP contribution is 2.52. The topological polar surface area (TPSA) is 63.9 Å². The molecule has 3 rings (SSSR count). The Kier molecular flexibility index (Phi) is 3.50. The number of hydrogen-bond donors (Lipinski definition) is 0. The summed E-state index contributed by atoms with van der Waals surface area (Å²) >= 11 is 1.42. The molecule has 2 fully saturated rings. The summed E-state index contributed by atoms with van der Waals surface area (Å²) in [5.41, 5.74) is 0.631. The van der Waals surface area contributed by atoms with Gasteiger partial charge in [0.05, 0.1) is 5.75 Å². The number of aromatic nitrogens is 4. The molecule has 1 aliphatic carbocycles. The smallest absolute Gasteiger partial charge is 0.233 e. The second-order valence-corrected chi connectivity index (χ2v) is 8.55. The van der Waals surface area contributed by atoms with E-state index in [1.165, 1.54) is 18.2 Å². The molecule has 0 spiro atoms. The summed E-state index contributed by atoms with van der Waals surface area (Å²) in [5, 5.41) is 12.0. The van der Waals surface area contributed by atoms with Crippen LogP contribution < -0.4 is 0 Å². The van der Waals surface area contributed by atoms with E-state index in [0.717, 1.165) is 19.4 Å². The molecule has 7 heteroatoms. The van der Waals surface area contributed by atoms with Crippen LogP contribution in [0.25, 0.3) is 0 Å². The number of carbonyl (C=O) groups excluding carboxylic acids is 1. The van der Waals surface area contributed by atoms with Gasteiger partial charge in [-0.3, -0.25) is 4.79 Å². The number of nitrogens with zero attached hydrogens (tertiary/aromatic N) is 5. The fraction of sp³-hybridized carbons (Fsp3) is 0.857. The van der Waals surface area contributed by atoms with Crippen molar-refractivity contribution in [3.63, 3.8) is 0 Å². The minimum absolute atomic E-state index is 0.217. The van der Waals surface area contributed by atoms with E-state index in [-0.39, 0.29) is 5.91 Å². The average Bonchev–Trinajstić information content (AvgIpc) is 2.86. The Morgan fingerprint density at radius 1 is 1.38 bits per heavy atom. The van der Waals surface area contributed by atoms with Crippen LogP contribution in [-0.4, -0.2) is 49.4 Å². The summed E-state index contributed by atoms with van der Waals surface area (Å²) in [6.45, 7) is 7.88. The summed E-state index contributed by atoms with van der Waals surface area (Å²) in [6.07, 6.45) is 3.48. The van der Waals surface area contributed by atoms with E-state index < -0.39 is 0 Å². The second kappa shape index (κ2) is 4.97. The van der Waals surface area contributed by atoms with Crippen molar-refractivity contribution >= 4 is 17.7 Å². The molecule has 2 atom stereocenters. The highest BCUT2D eigenvalue weighted by atomic mass is 32.2. The Balaban J connectivity index is 1.65. The number of rotatable bonds is 3. The fourth-order valence-electron chi connectivity index (χ4n) is 4.30. The Bertz CT molecular complexity index is 557. The Morgan fingerprint density at radius 3 is 2.81 bits per heavy atom. The van der Waals surface area contributed by atoms with Crippen LogP contribution in [0.3, 0.4) is 0 Å². The molecule has 2 aliphatic rings. The summed E-state index contributed by atoms with van der Waals surface area (Å²) in [4.78, 5) is 14.7. The molecule has 1 aromatic heterocycles. The quantitative estimate of drug-likeness (QED) is 0.796. The third-order valence-electron chi connectivity index (χ3n) is 4.64. The van der Waals surface area contributed by atoms with Gasteiger partial charge < -0.3 is 4.90 Å². The van der Waals surface area contributed by atoms with E-state index >= 15 is 0 Å². The van der Waals surface area contributed by atoms with Crippen LogP contribution in [0.1, 0.15) is 40.0 Å². The predicted octanol–water partition coefficient (Wildman–Crippen LogP) is 1.73. The molecule has 1 aromatic rings. The first kappa shape index (κ1) is 14.8. The molecule has 0 aromatic carbocycles. The van der Waals surface area contributed by atoms with Crippen LogP contribution in [0.5, 0.6) is 0 Å². The average molecular weight is 309 g/mol. The van der Waals surface area contributed by atoms with Gasteiger partial charge in [0.15, 0.2) is 0 Å². The molecule has 0 unspecified atom stereocenters. The third kappa shape index (κ3) is 2.93. The molecule has 1 saturated heterocycles. The number of hydrogen-bond acceptors (Lipinski definition) is 5. The molecule has 2 heterocycles. The maximum absolute atomic E-state index is 12.6. The number of tetrazole rings is 1. The van der Waals surface area contributed by atoms with E-state index in [1.54, 1.807) is 11.7 Å². The molecule has 1 amide bonds. The predicted molar refractivity (Wildman–Crippen MR) is 80.8 cm³/mol. The van der Waals surface area contributed by atoms with Gasteiger partial charge in [0.2, 0.25) is 11.1 Å². The summed E-state index contributed by atoms with van der Waals surface area (Å²) in [5.74, 6) is 0.635. The van der Waals surface area contributed by atoms with E-state index in [1.807, 2.05) is 0 Å². The van der Waals surface area contributed by atoms with Crippen molar-refractivity contribution in [2.45, 2.75) is 51.2 Å². The standard InChI is InChI=1S/C14H23N5OS/c1-13(2)5-10-6-14(3,8-13)9-19(10)11(20)7-21-12-15-16-17-18(12)4/h10H,5-9H2,1-4H3/t10-,14-/m1/s1. The number of fused-ring (bicyclic) bond motifs is 2.